The van der Waals surface area contributed by atoms with Gasteiger partial charge in [0.05, 0.1) is 0 Å². The van der Waals surface area contributed by atoms with Crippen molar-refractivity contribution in [1.82, 2.24) is 0 Å². The molecule has 0 bridgehead atoms. The van der Waals surface area contributed by atoms with Crippen LogP contribution in [0.1, 0.15) is 0 Å². The van der Waals surface area contributed by atoms with Crippen molar-refractivity contribution >= 4 is 53.1 Å². The summed E-state index contributed by atoms with van der Waals surface area (Å²) < 4.78 is -2.06. The molecule has 0 spiro atoms. The van der Waals surface area contributed by atoms with Gasteiger partial charge in [-0.15, -0.1) is 0 Å². The van der Waals surface area contributed by atoms with Crippen molar-refractivity contribution in [2.75, 3.05) is 0 Å². The van der Waals surface area contributed by atoms with Crippen LogP contribution in [0.4, 0.5) is 0 Å². The van der Waals surface area contributed by atoms with Crippen LogP contribution in [0.5, 0.6) is 0 Å². The van der Waals surface area contributed by atoms with Gasteiger partial charge in [-0.3, -0.25) is 0 Å². The molecule has 0 aromatic heterocycles. The summed E-state index contributed by atoms with van der Waals surface area (Å²) in [6.45, 7) is 0. The predicted octanol–water partition coefficient (Wildman–Crippen LogP) is 0.849. The summed E-state index contributed by atoms with van der Waals surface area (Å²) in [5.41, 5.74) is 0. The molecule has 35 valence electrons. The van der Waals surface area contributed by atoms with Gasteiger partial charge < -0.3 is 53.1 Å². The molecule has 0 aromatic rings. The molecule has 0 fully saturated rings. The van der Waals surface area contributed by atoms with Crippen molar-refractivity contribution in [2.45, 2.75) is 0 Å². The SMILES string of the molecule is [Cr+3].[S-][P+]([S-])([S-])[S-]. The third kappa shape index (κ3) is 32.8. The maximum absolute atomic E-state index is 4.38. The van der Waals surface area contributed by atoms with Gasteiger partial charge >= 0.3 is 17.4 Å². The Balaban J connectivity index is 0. The Morgan fingerprint density at radius 2 is 0.833 bits per heavy atom. The van der Waals surface area contributed by atoms with Gasteiger partial charge in [0.1, 0.15) is 0 Å². The smallest absolute Gasteiger partial charge is 0.623 e. The first kappa shape index (κ1) is 11.2. The van der Waals surface area contributed by atoms with Crippen LogP contribution in [0.3, 0.4) is 0 Å². The Morgan fingerprint density at radius 1 is 0.833 bits per heavy atom. The van der Waals surface area contributed by atoms with Gasteiger partial charge in [-0.2, -0.15) is 0 Å². The zero-order valence-corrected chi connectivity index (χ0v) is 7.92. The Bertz CT molecular complexity index is 23.0. The molecule has 0 aliphatic carbocycles. The van der Waals surface area contributed by atoms with Gasteiger partial charge in [-0.25, -0.2) is 0 Å². The van der Waals surface area contributed by atoms with E-state index >= 15 is 0 Å². The summed E-state index contributed by atoms with van der Waals surface area (Å²) in [5.74, 6) is 0. The van der Waals surface area contributed by atoms with Crippen LogP contribution in [0.15, 0.2) is 0 Å². The van der Waals surface area contributed by atoms with E-state index in [2.05, 4.69) is 49.0 Å². The molecule has 1 radical (unpaired) electrons. The summed E-state index contributed by atoms with van der Waals surface area (Å²) >= 11 is 17.5. The molecular formula is CrPS4. The minimum absolute atomic E-state index is 0. The Morgan fingerprint density at radius 3 is 0.833 bits per heavy atom. The summed E-state index contributed by atoms with van der Waals surface area (Å²) in [5, 5.41) is 0. The van der Waals surface area contributed by atoms with E-state index in [1.54, 1.807) is 0 Å². The topological polar surface area (TPSA) is 0 Å². The second-order valence-electron chi connectivity index (χ2n) is 0.447. The molecule has 0 N–H and O–H groups in total. The summed E-state index contributed by atoms with van der Waals surface area (Å²) in [4.78, 5) is 0. The number of hydrogen-bond acceptors (Lipinski definition) is 4. The Labute approximate surface area is 69.9 Å². The monoisotopic (exact) mass is 211 g/mol. The van der Waals surface area contributed by atoms with Gasteiger partial charge in [0.25, 0.3) is 0 Å². The first-order valence-corrected chi connectivity index (χ1v) is 6.57. The fraction of sp³-hybridized carbons (Fsp3) is 0. The first-order valence-electron chi connectivity index (χ1n) is 0.730. The Kier molecular flexibility index (Phi) is 7.95. The van der Waals surface area contributed by atoms with Crippen LogP contribution in [0, 0.1) is 0 Å². The molecule has 0 atom stereocenters. The van der Waals surface area contributed by atoms with Crippen molar-refractivity contribution in [1.29, 1.82) is 0 Å². The van der Waals surface area contributed by atoms with Crippen molar-refractivity contribution in [3.8, 4) is 0 Å². The van der Waals surface area contributed by atoms with Crippen LogP contribution >= 0.6 is 4.07 Å². The fourth-order valence-corrected chi connectivity index (χ4v) is 0. The molecule has 0 amide bonds. The van der Waals surface area contributed by atoms with Gasteiger partial charge in [-0.05, 0) is 0 Å². The van der Waals surface area contributed by atoms with Gasteiger partial charge in [0.2, 0.25) is 0 Å². The molecule has 0 nitrogen and oxygen atoms in total. The van der Waals surface area contributed by atoms with E-state index in [0.29, 0.717) is 0 Å². The van der Waals surface area contributed by atoms with E-state index in [1.165, 1.54) is 0 Å². The minimum atomic E-state index is -2.06. The summed E-state index contributed by atoms with van der Waals surface area (Å²) in [6.07, 6.45) is 0. The normalized spacial score (nSPS) is 10.0. The average molecular weight is 211 g/mol. The predicted molar refractivity (Wildman–Crippen MR) is 36.4 cm³/mol. The standard InChI is InChI=1S/Cr.H3PS4/c;2-1(3,4)5/h;(H3,2,3,4,5)/q+3;/p-3. The molecule has 0 rings (SSSR count). The summed E-state index contributed by atoms with van der Waals surface area (Å²) in [6, 6.07) is 0. The zero-order valence-electron chi connectivity index (χ0n) is 2.49. The van der Waals surface area contributed by atoms with E-state index in [1.807, 2.05) is 0 Å². The summed E-state index contributed by atoms with van der Waals surface area (Å²) in [7, 11) is 0. The number of rotatable bonds is 0. The van der Waals surface area contributed by atoms with Crippen LogP contribution in [0.25, 0.3) is 0 Å². The van der Waals surface area contributed by atoms with Gasteiger partial charge in [-0.1, -0.05) is 0 Å². The molecule has 0 aliphatic rings. The Hall–Kier alpha value is 2.36. The van der Waals surface area contributed by atoms with Crippen LogP contribution in [0.2, 0.25) is 0 Å². The van der Waals surface area contributed by atoms with E-state index in [9.17, 15) is 0 Å². The van der Waals surface area contributed by atoms with Crippen molar-refractivity contribution < 1.29 is 17.4 Å². The van der Waals surface area contributed by atoms with E-state index in [-0.39, 0.29) is 17.4 Å². The molecule has 6 heavy (non-hydrogen) atoms. The van der Waals surface area contributed by atoms with Gasteiger partial charge in [0, 0.05) is 0 Å². The zero-order chi connectivity index (χ0) is 4.50. The maximum atomic E-state index is 4.38. The average Bonchev–Trinajstić information content (AvgIpc) is 0.722. The molecule has 0 heterocycles. The number of hydrogen-bond donors (Lipinski definition) is 0. The van der Waals surface area contributed by atoms with E-state index < -0.39 is 4.07 Å². The largest absolute Gasteiger partial charge is 3.00 e. The fourth-order valence-electron chi connectivity index (χ4n) is 0. The minimum Gasteiger partial charge on any atom is -0.623 e. The molecule has 0 saturated carbocycles. The third-order valence-electron chi connectivity index (χ3n) is 0. The van der Waals surface area contributed by atoms with Crippen molar-refractivity contribution in [3.05, 3.63) is 0 Å². The molecule has 6 heteroatoms. The molecule has 0 aromatic carbocycles. The first-order chi connectivity index (χ1) is 2.00. The van der Waals surface area contributed by atoms with Gasteiger partial charge in [0.15, 0.2) is 0 Å². The van der Waals surface area contributed by atoms with Crippen molar-refractivity contribution in [2.24, 2.45) is 0 Å². The second kappa shape index (κ2) is 4.26. The quantitative estimate of drug-likeness (QED) is 0.430. The second-order valence-corrected chi connectivity index (χ2v) is 12.1. The van der Waals surface area contributed by atoms with E-state index in [0.717, 1.165) is 0 Å². The third-order valence-corrected chi connectivity index (χ3v) is 0. The van der Waals surface area contributed by atoms with E-state index in [4.69, 9.17) is 0 Å². The molecule has 0 aliphatic heterocycles. The molecular weight excluding hydrogens is 211 g/mol. The molecule has 0 unspecified atom stereocenters. The van der Waals surface area contributed by atoms with Crippen molar-refractivity contribution in [3.63, 3.8) is 0 Å². The van der Waals surface area contributed by atoms with Crippen LogP contribution in [-0.2, 0) is 66.4 Å². The van der Waals surface area contributed by atoms with Crippen LogP contribution in [-0.4, -0.2) is 0 Å². The maximum Gasteiger partial charge on any atom is 3.00 e. The molecule has 0 saturated heterocycles. The van der Waals surface area contributed by atoms with Crippen LogP contribution < -0.4 is 0 Å².